The average Bonchev–Trinajstić information content (AvgIpc) is 3.11. The molecule has 0 saturated carbocycles. The highest BCUT2D eigenvalue weighted by Gasteiger charge is 2.19. The molecule has 134 valence electrons. The summed E-state index contributed by atoms with van der Waals surface area (Å²) in [5, 5.41) is 10.1. The van der Waals surface area contributed by atoms with Crippen molar-refractivity contribution < 1.29 is 9.32 Å². The van der Waals surface area contributed by atoms with Gasteiger partial charge in [-0.15, -0.1) is 0 Å². The molecule has 1 aliphatic heterocycles. The number of amides is 1. The maximum atomic E-state index is 12.3. The summed E-state index contributed by atoms with van der Waals surface area (Å²) in [6.07, 6.45) is 3.69. The summed E-state index contributed by atoms with van der Waals surface area (Å²) in [4.78, 5) is 29.8. The highest BCUT2D eigenvalue weighted by molar-refractivity contribution is 5.89. The highest BCUT2D eigenvalue weighted by Crippen LogP contribution is 2.20. The molecule has 10 nitrogen and oxygen atoms in total. The second-order valence-electron chi connectivity index (χ2n) is 5.97. The third-order valence-electron chi connectivity index (χ3n) is 4.35. The number of nitrogens with one attached hydrogen (secondary N) is 1. The summed E-state index contributed by atoms with van der Waals surface area (Å²) < 4.78 is 6.19. The van der Waals surface area contributed by atoms with Crippen molar-refractivity contribution >= 4 is 11.6 Å². The first-order valence-electron chi connectivity index (χ1n) is 8.17. The van der Waals surface area contributed by atoms with Gasteiger partial charge in [0, 0.05) is 26.2 Å². The van der Waals surface area contributed by atoms with Crippen LogP contribution >= 0.6 is 0 Å². The minimum absolute atomic E-state index is 0.0123. The lowest BCUT2D eigenvalue weighted by atomic mass is 9.97. The Labute approximate surface area is 144 Å². The standard InChI is InChI=1S/C15H21N7O3/c1-17-15(24)14-19-12(25-20-14)9-22-13(23)6-11(8-18-22)21-4-2-10(7-16)3-5-21/h6,8,10H,2-5,7,9,16H2,1H3,(H,17,24). The number of piperidine rings is 1. The summed E-state index contributed by atoms with van der Waals surface area (Å²) in [5.41, 5.74) is 6.24. The largest absolute Gasteiger partial charge is 0.370 e. The summed E-state index contributed by atoms with van der Waals surface area (Å²) in [6.45, 7) is 2.45. The van der Waals surface area contributed by atoms with Crippen molar-refractivity contribution in [3.05, 3.63) is 34.3 Å². The Morgan fingerprint density at radius 3 is 2.84 bits per heavy atom. The number of nitrogens with zero attached hydrogens (tertiary/aromatic N) is 5. The van der Waals surface area contributed by atoms with Crippen LogP contribution in [0.5, 0.6) is 0 Å². The van der Waals surface area contributed by atoms with Crippen molar-refractivity contribution in [2.45, 2.75) is 19.4 Å². The Kier molecular flexibility index (Phi) is 5.08. The van der Waals surface area contributed by atoms with Gasteiger partial charge < -0.3 is 20.5 Å². The molecule has 3 heterocycles. The molecule has 10 heteroatoms. The van der Waals surface area contributed by atoms with E-state index < -0.39 is 5.91 Å². The summed E-state index contributed by atoms with van der Waals surface area (Å²) in [6, 6.07) is 1.55. The van der Waals surface area contributed by atoms with E-state index in [1.54, 1.807) is 12.3 Å². The first-order chi connectivity index (χ1) is 12.1. The van der Waals surface area contributed by atoms with Gasteiger partial charge in [-0.25, -0.2) is 4.68 Å². The van der Waals surface area contributed by atoms with E-state index in [-0.39, 0.29) is 23.8 Å². The van der Waals surface area contributed by atoms with E-state index in [0.29, 0.717) is 12.5 Å². The second kappa shape index (κ2) is 7.43. The predicted octanol–water partition coefficient (Wildman–Crippen LogP) is -0.791. The smallest absolute Gasteiger partial charge is 0.292 e. The Morgan fingerprint density at radius 1 is 1.44 bits per heavy atom. The van der Waals surface area contributed by atoms with Crippen molar-refractivity contribution in [3.63, 3.8) is 0 Å². The van der Waals surface area contributed by atoms with Crippen molar-refractivity contribution in [1.29, 1.82) is 0 Å². The number of aromatic nitrogens is 4. The molecule has 0 aliphatic carbocycles. The number of hydrogen-bond acceptors (Lipinski definition) is 8. The van der Waals surface area contributed by atoms with Crippen molar-refractivity contribution in [1.82, 2.24) is 25.2 Å². The third kappa shape index (κ3) is 3.85. The van der Waals surface area contributed by atoms with Crippen molar-refractivity contribution in [3.8, 4) is 0 Å². The summed E-state index contributed by atoms with van der Waals surface area (Å²) in [5.74, 6) is 0.165. The zero-order chi connectivity index (χ0) is 17.8. The molecule has 1 saturated heterocycles. The Bertz CT molecular complexity index is 792. The molecule has 2 aromatic heterocycles. The molecule has 0 atom stereocenters. The fourth-order valence-corrected chi connectivity index (χ4v) is 2.79. The van der Waals surface area contributed by atoms with Crippen molar-refractivity contribution in [2.75, 3.05) is 31.6 Å². The third-order valence-corrected chi connectivity index (χ3v) is 4.35. The summed E-state index contributed by atoms with van der Waals surface area (Å²) >= 11 is 0. The van der Waals surface area contributed by atoms with Crippen LogP contribution in [-0.2, 0) is 6.54 Å². The number of hydrogen-bond donors (Lipinski definition) is 2. The number of carbonyl (C=O) groups excluding carboxylic acids is 1. The van der Waals surface area contributed by atoms with E-state index in [0.717, 1.165) is 31.6 Å². The van der Waals surface area contributed by atoms with Gasteiger partial charge in [0.1, 0.15) is 6.54 Å². The topological polar surface area (TPSA) is 132 Å². The van der Waals surface area contributed by atoms with Crippen LogP contribution in [0.25, 0.3) is 0 Å². The van der Waals surface area contributed by atoms with Crippen molar-refractivity contribution in [2.24, 2.45) is 11.7 Å². The Morgan fingerprint density at radius 2 is 2.20 bits per heavy atom. The molecule has 0 bridgehead atoms. The molecule has 1 fully saturated rings. The van der Waals surface area contributed by atoms with E-state index in [1.165, 1.54) is 11.7 Å². The second-order valence-corrected chi connectivity index (χ2v) is 5.97. The van der Waals surface area contributed by atoms with Gasteiger partial charge in [0.2, 0.25) is 5.89 Å². The lowest BCUT2D eigenvalue weighted by Crippen LogP contribution is -2.37. The monoisotopic (exact) mass is 347 g/mol. The zero-order valence-electron chi connectivity index (χ0n) is 14.0. The Balaban J connectivity index is 1.69. The predicted molar refractivity (Wildman–Crippen MR) is 89.3 cm³/mol. The molecule has 1 amide bonds. The molecule has 0 radical (unpaired) electrons. The molecule has 0 aromatic carbocycles. The van der Waals surface area contributed by atoms with E-state index >= 15 is 0 Å². The molecule has 2 aromatic rings. The highest BCUT2D eigenvalue weighted by atomic mass is 16.5. The SMILES string of the molecule is CNC(=O)c1noc(Cn2ncc(N3CCC(CN)CC3)cc2=O)n1. The van der Waals surface area contributed by atoms with E-state index in [9.17, 15) is 9.59 Å². The van der Waals surface area contributed by atoms with Gasteiger partial charge in [-0.2, -0.15) is 10.1 Å². The lowest BCUT2D eigenvalue weighted by molar-refractivity contribution is 0.0950. The number of anilines is 1. The average molecular weight is 347 g/mol. The minimum Gasteiger partial charge on any atom is -0.370 e. The van der Waals surface area contributed by atoms with Crippen LogP contribution < -0.4 is 21.5 Å². The Hall–Kier alpha value is -2.75. The number of rotatable bonds is 5. The molecule has 3 N–H and O–H groups in total. The minimum atomic E-state index is -0.452. The van der Waals surface area contributed by atoms with Gasteiger partial charge in [-0.1, -0.05) is 5.16 Å². The molecule has 0 unspecified atom stereocenters. The van der Waals surface area contributed by atoms with E-state index in [2.05, 4.69) is 25.5 Å². The zero-order valence-corrected chi connectivity index (χ0v) is 14.0. The quantitative estimate of drug-likeness (QED) is 0.719. The van der Waals surface area contributed by atoms with Gasteiger partial charge in [-0.3, -0.25) is 9.59 Å². The lowest BCUT2D eigenvalue weighted by Gasteiger charge is -2.32. The number of carbonyl (C=O) groups is 1. The first kappa shape index (κ1) is 17.1. The van der Waals surface area contributed by atoms with Gasteiger partial charge >= 0.3 is 0 Å². The molecule has 0 spiro atoms. The van der Waals surface area contributed by atoms with Crippen LogP contribution in [0.15, 0.2) is 21.6 Å². The maximum absolute atomic E-state index is 12.3. The van der Waals surface area contributed by atoms with Gasteiger partial charge in [0.05, 0.1) is 11.9 Å². The normalized spacial score (nSPS) is 15.4. The fourth-order valence-electron chi connectivity index (χ4n) is 2.79. The maximum Gasteiger partial charge on any atom is 0.292 e. The molecule has 1 aliphatic rings. The molecular formula is C15H21N7O3. The molecule has 25 heavy (non-hydrogen) atoms. The van der Waals surface area contributed by atoms with Crippen LogP contribution in [0.2, 0.25) is 0 Å². The van der Waals surface area contributed by atoms with E-state index in [1.807, 2.05) is 0 Å². The first-order valence-corrected chi connectivity index (χ1v) is 8.17. The summed E-state index contributed by atoms with van der Waals surface area (Å²) in [7, 11) is 1.47. The van der Waals surface area contributed by atoms with Crippen LogP contribution in [0.4, 0.5) is 5.69 Å². The van der Waals surface area contributed by atoms with Gasteiger partial charge in [0.15, 0.2) is 0 Å². The van der Waals surface area contributed by atoms with Crippen LogP contribution in [-0.4, -0.2) is 52.5 Å². The van der Waals surface area contributed by atoms with Gasteiger partial charge in [-0.05, 0) is 25.3 Å². The fraction of sp³-hybridized carbons (Fsp3) is 0.533. The number of nitrogens with two attached hydrogens (primary N) is 1. The molecule has 3 rings (SSSR count). The molecular weight excluding hydrogens is 326 g/mol. The van der Waals surface area contributed by atoms with E-state index in [4.69, 9.17) is 10.3 Å². The van der Waals surface area contributed by atoms with Crippen LogP contribution in [0.3, 0.4) is 0 Å². The van der Waals surface area contributed by atoms with Gasteiger partial charge in [0.25, 0.3) is 17.3 Å². The van der Waals surface area contributed by atoms with Crippen LogP contribution in [0.1, 0.15) is 29.4 Å². The van der Waals surface area contributed by atoms with Crippen LogP contribution in [0, 0.1) is 5.92 Å².